The summed E-state index contributed by atoms with van der Waals surface area (Å²) in [5, 5.41) is 11.2. The van der Waals surface area contributed by atoms with Crippen LogP contribution in [-0.4, -0.2) is 58.9 Å². The molecule has 0 aliphatic carbocycles. The summed E-state index contributed by atoms with van der Waals surface area (Å²) in [6.45, 7) is 5.45. The lowest BCUT2D eigenvalue weighted by Crippen LogP contribution is -2.45. The molecule has 1 heterocycles. The Morgan fingerprint density at radius 2 is 1.19 bits per heavy atom. The van der Waals surface area contributed by atoms with Gasteiger partial charge >= 0.3 is 5.97 Å². The van der Waals surface area contributed by atoms with Crippen LogP contribution in [0.1, 0.15) is 37.4 Å². The van der Waals surface area contributed by atoms with Crippen molar-refractivity contribution < 1.29 is 28.9 Å². The number of nitrogens with one attached hydrogen (secondary N) is 1. The summed E-state index contributed by atoms with van der Waals surface area (Å²) in [6.07, 6.45) is 0. The number of ketones is 1. The summed E-state index contributed by atoms with van der Waals surface area (Å²) in [6, 6.07) is 20.3. The predicted octanol–water partition coefficient (Wildman–Crippen LogP) is 3.27. The Bertz CT molecular complexity index is 1220. The fourth-order valence-corrected chi connectivity index (χ4v) is 4.19. The highest BCUT2D eigenvalue weighted by Crippen LogP contribution is 2.14. The summed E-state index contributed by atoms with van der Waals surface area (Å²) >= 11 is 0. The molecule has 8 nitrogen and oxygen atoms in total. The molecule has 37 heavy (non-hydrogen) atoms. The van der Waals surface area contributed by atoms with Crippen LogP contribution in [0.3, 0.4) is 0 Å². The normalized spacial score (nSPS) is 14.2. The van der Waals surface area contributed by atoms with E-state index in [4.69, 9.17) is 5.26 Å². The van der Waals surface area contributed by atoms with Crippen LogP contribution >= 0.6 is 0 Å². The third-order valence-corrected chi connectivity index (χ3v) is 6.34. The number of nitrogens with zero attached hydrogens (tertiary/aromatic N) is 2. The first kappa shape index (κ1) is 26.2. The van der Waals surface area contributed by atoms with E-state index < -0.39 is 11.8 Å². The molecule has 3 aromatic rings. The Hall–Kier alpha value is -3.92. The Labute approximate surface area is 214 Å². The van der Waals surface area contributed by atoms with Gasteiger partial charge in [0, 0.05) is 56.9 Å². The number of Topliss-reactive ketones (excluding diaryl/α,β-unsaturated/α-hetero) is 1. The molecule has 9 heteroatoms. The summed E-state index contributed by atoms with van der Waals surface area (Å²) in [5.74, 6) is -2.66. The van der Waals surface area contributed by atoms with Crippen LogP contribution in [0.15, 0.2) is 72.8 Å². The molecule has 0 unspecified atom stereocenters. The van der Waals surface area contributed by atoms with Crippen molar-refractivity contribution in [3.05, 3.63) is 106 Å². The summed E-state index contributed by atoms with van der Waals surface area (Å²) in [7, 11) is 0. The Kier molecular flexibility index (Phi) is 8.73. The monoisotopic (exact) mass is 505 g/mol. The van der Waals surface area contributed by atoms with Crippen LogP contribution in [0.25, 0.3) is 0 Å². The quantitative estimate of drug-likeness (QED) is 0.199. The molecule has 1 fully saturated rings. The maximum atomic E-state index is 13.0. The SMILES string of the molecule is O=C(OO)C(=O)c1ccc(CN2CCN(Cc3ccc(C(=O)NCc4ccc(F)cc4)cc3)CC2)cc1. The standard InChI is InChI=1S/C28H28FN3O5/c29-25-11-5-20(6-12-25)17-30-27(34)24-9-3-22(4-10-24)19-32-15-13-31(14-16-32)18-21-1-7-23(8-2-21)26(33)28(35)37-36/h1-12,36H,13-19H2,(H,30,34). The van der Waals surface area contributed by atoms with Gasteiger partial charge in [0.25, 0.3) is 11.7 Å². The van der Waals surface area contributed by atoms with E-state index in [1.54, 1.807) is 36.4 Å². The third-order valence-electron chi connectivity index (χ3n) is 6.34. The first-order valence-electron chi connectivity index (χ1n) is 12.0. The van der Waals surface area contributed by atoms with Gasteiger partial charge in [-0.05, 0) is 41.0 Å². The van der Waals surface area contributed by atoms with Crippen molar-refractivity contribution in [3.63, 3.8) is 0 Å². The average molecular weight is 506 g/mol. The molecule has 0 bridgehead atoms. The third kappa shape index (κ3) is 7.29. The van der Waals surface area contributed by atoms with E-state index in [1.807, 2.05) is 24.3 Å². The van der Waals surface area contributed by atoms with Crippen molar-refractivity contribution in [2.45, 2.75) is 19.6 Å². The van der Waals surface area contributed by atoms with Gasteiger partial charge in [-0.3, -0.25) is 24.3 Å². The molecule has 0 saturated carbocycles. The first-order valence-corrected chi connectivity index (χ1v) is 12.0. The first-order chi connectivity index (χ1) is 17.9. The molecule has 1 aliphatic heterocycles. The van der Waals surface area contributed by atoms with Gasteiger partial charge in [-0.25, -0.2) is 9.18 Å². The van der Waals surface area contributed by atoms with Gasteiger partial charge in [0.2, 0.25) is 0 Å². The van der Waals surface area contributed by atoms with Gasteiger partial charge in [0.05, 0.1) is 0 Å². The van der Waals surface area contributed by atoms with Crippen molar-refractivity contribution >= 4 is 17.7 Å². The zero-order valence-corrected chi connectivity index (χ0v) is 20.2. The van der Waals surface area contributed by atoms with Crippen molar-refractivity contribution in [2.75, 3.05) is 26.2 Å². The van der Waals surface area contributed by atoms with E-state index in [2.05, 4.69) is 20.0 Å². The molecular weight excluding hydrogens is 477 g/mol. The predicted molar refractivity (Wildman–Crippen MR) is 134 cm³/mol. The van der Waals surface area contributed by atoms with Crippen molar-refractivity contribution in [2.24, 2.45) is 0 Å². The summed E-state index contributed by atoms with van der Waals surface area (Å²) < 4.78 is 13.0. The second kappa shape index (κ2) is 12.4. The average Bonchev–Trinajstić information content (AvgIpc) is 2.93. The number of hydrogen-bond donors (Lipinski definition) is 2. The molecule has 1 saturated heterocycles. The Morgan fingerprint density at radius 3 is 1.68 bits per heavy atom. The maximum Gasteiger partial charge on any atom is 0.412 e. The number of rotatable bonds is 9. The summed E-state index contributed by atoms with van der Waals surface area (Å²) in [4.78, 5) is 43.5. The number of halogens is 1. The lowest BCUT2D eigenvalue weighted by molar-refractivity contribution is -0.227. The molecule has 0 aromatic heterocycles. The van der Waals surface area contributed by atoms with Gasteiger partial charge < -0.3 is 5.32 Å². The zero-order valence-electron chi connectivity index (χ0n) is 20.2. The zero-order chi connectivity index (χ0) is 26.2. The van der Waals surface area contributed by atoms with Gasteiger partial charge in [0.1, 0.15) is 5.82 Å². The Balaban J connectivity index is 1.20. The Morgan fingerprint density at radius 1 is 0.730 bits per heavy atom. The topological polar surface area (TPSA) is 99.2 Å². The highest BCUT2D eigenvalue weighted by molar-refractivity contribution is 6.40. The molecule has 2 N–H and O–H groups in total. The molecule has 3 aromatic carbocycles. The van der Waals surface area contributed by atoms with Gasteiger partial charge in [0.15, 0.2) is 0 Å². The van der Waals surface area contributed by atoms with Crippen LogP contribution < -0.4 is 5.32 Å². The van der Waals surface area contributed by atoms with Crippen LogP contribution in [0.2, 0.25) is 0 Å². The van der Waals surface area contributed by atoms with Crippen LogP contribution in [0, 0.1) is 5.82 Å². The number of piperazine rings is 1. The minimum atomic E-state index is -1.30. The molecule has 192 valence electrons. The second-order valence-corrected chi connectivity index (χ2v) is 8.96. The van der Waals surface area contributed by atoms with E-state index >= 15 is 0 Å². The summed E-state index contributed by atoms with van der Waals surface area (Å²) in [5.41, 5.74) is 3.74. The fourth-order valence-electron chi connectivity index (χ4n) is 4.19. The minimum Gasteiger partial charge on any atom is -0.348 e. The maximum absolute atomic E-state index is 13.0. The highest BCUT2D eigenvalue weighted by atomic mass is 19.1. The van der Waals surface area contributed by atoms with Crippen molar-refractivity contribution in [1.82, 2.24) is 15.1 Å². The number of carbonyl (C=O) groups excluding carboxylic acids is 3. The van der Waals surface area contributed by atoms with Gasteiger partial charge in [-0.2, -0.15) is 5.26 Å². The largest absolute Gasteiger partial charge is 0.412 e. The van der Waals surface area contributed by atoms with Crippen molar-refractivity contribution in [1.29, 1.82) is 0 Å². The van der Waals surface area contributed by atoms with E-state index in [9.17, 15) is 18.8 Å². The van der Waals surface area contributed by atoms with Crippen LogP contribution in [0.5, 0.6) is 0 Å². The van der Waals surface area contributed by atoms with Gasteiger partial charge in [-0.15, -0.1) is 0 Å². The molecule has 0 spiro atoms. The lowest BCUT2D eigenvalue weighted by atomic mass is 10.1. The van der Waals surface area contributed by atoms with Gasteiger partial charge in [-0.1, -0.05) is 48.5 Å². The molecule has 0 radical (unpaired) electrons. The highest BCUT2D eigenvalue weighted by Gasteiger charge is 2.20. The lowest BCUT2D eigenvalue weighted by Gasteiger charge is -2.34. The minimum absolute atomic E-state index is 0.170. The number of benzene rings is 3. The number of carbonyl (C=O) groups is 3. The van der Waals surface area contributed by atoms with E-state index in [0.29, 0.717) is 12.1 Å². The smallest absolute Gasteiger partial charge is 0.348 e. The van der Waals surface area contributed by atoms with E-state index in [-0.39, 0.29) is 17.3 Å². The number of hydrogen-bond acceptors (Lipinski definition) is 7. The van der Waals surface area contributed by atoms with E-state index in [1.165, 1.54) is 12.1 Å². The fraction of sp³-hybridized carbons (Fsp3) is 0.250. The van der Waals surface area contributed by atoms with Crippen LogP contribution in [0.4, 0.5) is 4.39 Å². The molecule has 1 amide bonds. The number of amides is 1. The molecule has 0 atom stereocenters. The van der Waals surface area contributed by atoms with Crippen LogP contribution in [-0.2, 0) is 29.3 Å². The second-order valence-electron chi connectivity index (χ2n) is 8.96. The van der Waals surface area contributed by atoms with E-state index in [0.717, 1.165) is 56.0 Å². The van der Waals surface area contributed by atoms with Crippen molar-refractivity contribution in [3.8, 4) is 0 Å². The molecule has 1 aliphatic rings. The molecule has 4 rings (SSSR count). The molecular formula is C28H28FN3O5.